The Labute approximate surface area is 157 Å². The first kappa shape index (κ1) is 20.8. The van der Waals surface area contributed by atoms with Crippen molar-refractivity contribution in [2.24, 2.45) is 11.7 Å². The molecule has 7 nitrogen and oxygen atoms in total. The molecule has 8 heteroatoms. The predicted molar refractivity (Wildman–Crippen MR) is 99.5 cm³/mol. The van der Waals surface area contributed by atoms with Gasteiger partial charge in [-0.2, -0.15) is 4.21 Å². The van der Waals surface area contributed by atoms with Gasteiger partial charge in [-0.3, -0.25) is 8.74 Å². The number of piperidine rings is 1. The molecule has 1 fully saturated rings. The first-order valence-electron chi connectivity index (χ1n) is 8.74. The third-order valence-electron chi connectivity index (χ3n) is 4.35. The van der Waals surface area contributed by atoms with Crippen LogP contribution in [-0.2, 0) is 26.8 Å². The van der Waals surface area contributed by atoms with Crippen LogP contribution in [0.2, 0.25) is 0 Å². The number of carbonyl (C=O) groups excluding carboxylic acids is 1. The number of nitrogens with two attached hydrogens (primary N) is 1. The summed E-state index contributed by atoms with van der Waals surface area (Å²) < 4.78 is 31.2. The molecule has 0 saturated carbocycles. The Morgan fingerprint density at radius 3 is 2.35 bits per heavy atom. The maximum atomic E-state index is 12.2. The van der Waals surface area contributed by atoms with Gasteiger partial charge in [0.2, 0.25) is 0 Å². The molecular formula is C18H28N2O5S. The van der Waals surface area contributed by atoms with E-state index >= 15 is 0 Å². The lowest BCUT2D eigenvalue weighted by Gasteiger charge is -2.36. The van der Waals surface area contributed by atoms with Crippen molar-refractivity contribution in [3.63, 3.8) is 0 Å². The lowest BCUT2D eigenvalue weighted by Crippen LogP contribution is -2.42. The van der Waals surface area contributed by atoms with Crippen molar-refractivity contribution in [3.8, 4) is 0 Å². The van der Waals surface area contributed by atoms with Crippen LogP contribution < -0.4 is 5.73 Å². The Morgan fingerprint density at radius 1 is 1.31 bits per heavy atom. The van der Waals surface area contributed by atoms with Crippen LogP contribution in [0.1, 0.15) is 50.8 Å². The SMILES string of the molecule is CC(C)(C)OC(=O)N1CCC(C(OS(=O)O)c2ccc(CN)cc2)CC1. The number of rotatable bonds is 5. The van der Waals surface area contributed by atoms with E-state index in [-0.39, 0.29) is 12.0 Å². The summed E-state index contributed by atoms with van der Waals surface area (Å²) in [6.07, 6.45) is 0.499. The Bertz CT molecular complexity index is 621. The molecule has 0 spiro atoms. The number of hydrogen-bond donors (Lipinski definition) is 2. The molecule has 2 atom stereocenters. The molecule has 2 rings (SSSR count). The number of nitrogens with zero attached hydrogens (tertiary/aromatic N) is 1. The average molecular weight is 384 g/mol. The molecule has 26 heavy (non-hydrogen) atoms. The zero-order chi connectivity index (χ0) is 19.3. The Balaban J connectivity index is 2.04. The van der Waals surface area contributed by atoms with Crippen LogP contribution in [0.25, 0.3) is 0 Å². The minimum absolute atomic E-state index is 0.0357. The second-order valence-corrected chi connectivity index (χ2v) is 8.11. The Morgan fingerprint density at radius 2 is 1.88 bits per heavy atom. The van der Waals surface area contributed by atoms with E-state index in [1.165, 1.54) is 0 Å². The van der Waals surface area contributed by atoms with Crippen LogP contribution in [-0.4, -0.2) is 38.4 Å². The monoisotopic (exact) mass is 384 g/mol. The van der Waals surface area contributed by atoms with E-state index < -0.39 is 23.1 Å². The molecular weight excluding hydrogens is 356 g/mol. The third kappa shape index (κ3) is 6.05. The number of benzene rings is 1. The topological polar surface area (TPSA) is 102 Å². The molecule has 1 amide bonds. The number of likely N-dealkylation sites (tertiary alicyclic amines) is 1. The summed E-state index contributed by atoms with van der Waals surface area (Å²) in [5.74, 6) is 0.0357. The van der Waals surface area contributed by atoms with E-state index in [1.807, 2.05) is 45.0 Å². The second kappa shape index (κ2) is 8.94. The summed E-state index contributed by atoms with van der Waals surface area (Å²) in [5.41, 5.74) is 6.91. The summed E-state index contributed by atoms with van der Waals surface area (Å²) in [4.78, 5) is 13.9. The van der Waals surface area contributed by atoms with Gasteiger partial charge in [0.05, 0.1) is 0 Å². The normalized spacial score (nSPS) is 18.4. The van der Waals surface area contributed by atoms with Gasteiger partial charge in [-0.1, -0.05) is 24.3 Å². The van der Waals surface area contributed by atoms with Gasteiger partial charge in [0.25, 0.3) is 0 Å². The molecule has 1 aliphatic rings. The van der Waals surface area contributed by atoms with Crippen LogP contribution in [0.3, 0.4) is 0 Å². The Hall–Kier alpha value is -1.48. The molecule has 0 aromatic heterocycles. The van der Waals surface area contributed by atoms with Crippen molar-refractivity contribution < 1.29 is 22.5 Å². The zero-order valence-corrected chi connectivity index (χ0v) is 16.3. The average Bonchev–Trinajstić information content (AvgIpc) is 2.58. The highest BCUT2D eigenvalue weighted by Gasteiger charge is 2.33. The van der Waals surface area contributed by atoms with Crippen molar-refractivity contribution in [3.05, 3.63) is 35.4 Å². The molecule has 0 aliphatic carbocycles. The van der Waals surface area contributed by atoms with Crippen LogP contribution in [0.5, 0.6) is 0 Å². The van der Waals surface area contributed by atoms with E-state index in [0.29, 0.717) is 32.5 Å². The lowest BCUT2D eigenvalue weighted by atomic mass is 9.87. The summed E-state index contributed by atoms with van der Waals surface area (Å²) in [5, 5.41) is 0. The van der Waals surface area contributed by atoms with Gasteiger partial charge in [-0.15, -0.1) is 0 Å². The molecule has 1 aromatic carbocycles. The second-order valence-electron chi connectivity index (χ2n) is 7.48. The molecule has 1 aliphatic heterocycles. The van der Waals surface area contributed by atoms with E-state index in [4.69, 9.17) is 14.7 Å². The van der Waals surface area contributed by atoms with Crippen molar-refractivity contribution >= 4 is 17.5 Å². The minimum atomic E-state index is -2.37. The van der Waals surface area contributed by atoms with Crippen molar-refractivity contribution in [2.75, 3.05) is 13.1 Å². The van der Waals surface area contributed by atoms with Crippen molar-refractivity contribution in [2.45, 2.75) is 51.9 Å². The number of carbonyl (C=O) groups is 1. The molecule has 0 bridgehead atoms. The molecule has 2 unspecified atom stereocenters. The van der Waals surface area contributed by atoms with Gasteiger partial charge < -0.3 is 15.4 Å². The van der Waals surface area contributed by atoms with Gasteiger partial charge >= 0.3 is 17.5 Å². The zero-order valence-electron chi connectivity index (χ0n) is 15.5. The van der Waals surface area contributed by atoms with Gasteiger partial charge in [0.15, 0.2) is 0 Å². The number of ether oxygens (including phenoxy) is 1. The van der Waals surface area contributed by atoms with Gasteiger partial charge in [0.1, 0.15) is 11.7 Å². The maximum absolute atomic E-state index is 12.2. The highest BCUT2D eigenvalue weighted by atomic mass is 32.2. The fraction of sp³-hybridized carbons (Fsp3) is 0.611. The van der Waals surface area contributed by atoms with Gasteiger partial charge in [-0.25, -0.2) is 4.79 Å². The third-order valence-corrected chi connectivity index (χ3v) is 4.72. The fourth-order valence-corrected chi connectivity index (χ4v) is 3.50. The van der Waals surface area contributed by atoms with E-state index in [0.717, 1.165) is 11.1 Å². The van der Waals surface area contributed by atoms with E-state index in [1.54, 1.807) is 4.90 Å². The summed E-state index contributed by atoms with van der Waals surface area (Å²) in [6.45, 7) is 7.00. The molecule has 1 heterocycles. The maximum Gasteiger partial charge on any atom is 0.410 e. The summed E-state index contributed by atoms with van der Waals surface area (Å²) in [7, 11) is 0. The number of hydrogen-bond acceptors (Lipinski definition) is 5. The van der Waals surface area contributed by atoms with Crippen LogP contribution in [0.15, 0.2) is 24.3 Å². The largest absolute Gasteiger partial charge is 0.444 e. The van der Waals surface area contributed by atoms with Gasteiger partial charge in [-0.05, 0) is 50.7 Å². The van der Waals surface area contributed by atoms with Crippen molar-refractivity contribution in [1.29, 1.82) is 0 Å². The van der Waals surface area contributed by atoms with Crippen molar-refractivity contribution in [1.82, 2.24) is 4.90 Å². The highest BCUT2D eigenvalue weighted by Crippen LogP contribution is 2.34. The number of amides is 1. The van der Waals surface area contributed by atoms with Crippen LogP contribution >= 0.6 is 0 Å². The fourth-order valence-electron chi connectivity index (χ4n) is 3.05. The van der Waals surface area contributed by atoms with Crippen LogP contribution in [0.4, 0.5) is 4.79 Å². The predicted octanol–water partition coefficient (Wildman–Crippen LogP) is 2.99. The lowest BCUT2D eigenvalue weighted by molar-refractivity contribution is 0.0109. The highest BCUT2D eigenvalue weighted by molar-refractivity contribution is 7.74. The standard InChI is InChI=1S/C18H28N2O5S/c1-18(2,3)24-17(21)20-10-8-15(9-11-20)16(25-26(22)23)14-6-4-13(12-19)5-7-14/h4-7,15-16H,8-12,19H2,1-3H3,(H,22,23). The molecule has 1 aromatic rings. The quantitative estimate of drug-likeness (QED) is 0.757. The smallest absolute Gasteiger partial charge is 0.410 e. The first-order valence-corrected chi connectivity index (χ1v) is 9.77. The van der Waals surface area contributed by atoms with E-state index in [2.05, 4.69) is 0 Å². The van der Waals surface area contributed by atoms with E-state index in [9.17, 15) is 13.6 Å². The minimum Gasteiger partial charge on any atom is -0.444 e. The van der Waals surface area contributed by atoms with Gasteiger partial charge in [0, 0.05) is 19.6 Å². The Kier molecular flexibility index (Phi) is 7.16. The first-order chi connectivity index (χ1) is 12.2. The molecule has 0 radical (unpaired) electrons. The van der Waals surface area contributed by atoms with Crippen LogP contribution in [0, 0.1) is 5.92 Å². The molecule has 1 saturated heterocycles. The molecule has 3 N–H and O–H groups in total. The molecule has 146 valence electrons. The summed E-state index contributed by atoms with van der Waals surface area (Å²) >= 11 is -2.37. The summed E-state index contributed by atoms with van der Waals surface area (Å²) in [6, 6.07) is 7.53.